The molecule has 2 atom stereocenters. The van der Waals surface area contributed by atoms with Gasteiger partial charge in [-0.05, 0) is 35.2 Å². The number of amides is 1. The molecule has 1 aliphatic rings. The molecule has 0 spiro atoms. The fourth-order valence-corrected chi connectivity index (χ4v) is 4.43. The molecule has 6 nitrogen and oxygen atoms in total. The van der Waals surface area contributed by atoms with Crippen molar-refractivity contribution in [2.75, 3.05) is 13.2 Å². The lowest BCUT2D eigenvalue weighted by molar-refractivity contribution is 0.0186. The standard InChI is InChI=1S/C26H24ClNO5/c1-15(29)16-10-11-21(23(27)12-16)25(31)24(30)13-28-26(32)33-14-22-19-8-4-2-6-17(19)18-7-3-5-9-20(18)22/h2-12,22,24-25,30-31H,13-14H2,1H3,(H,28,32). The molecule has 170 valence electrons. The molecule has 4 rings (SSSR count). The van der Waals surface area contributed by atoms with Crippen LogP contribution >= 0.6 is 11.6 Å². The largest absolute Gasteiger partial charge is 0.449 e. The van der Waals surface area contributed by atoms with E-state index >= 15 is 0 Å². The Labute approximate surface area is 196 Å². The number of hydrogen-bond acceptors (Lipinski definition) is 5. The molecule has 2 unspecified atom stereocenters. The van der Waals surface area contributed by atoms with Crippen molar-refractivity contribution in [3.05, 3.63) is 94.0 Å². The Bertz CT molecular complexity index is 1150. The first-order chi connectivity index (χ1) is 15.9. The third kappa shape index (κ3) is 4.78. The minimum absolute atomic E-state index is 0.0720. The number of hydrogen-bond donors (Lipinski definition) is 3. The molecule has 0 saturated heterocycles. The Kier molecular flexibility index (Phi) is 6.79. The van der Waals surface area contributed by atoms with E-state index in [4.69, 9.17) is 16.3 Å². The Morgan fingerprint density at radius 1 is 1.00 bits per heavy atom. The van der Waals surface area contributed by atoms with E-state index < -0.39 is 18.3 Å². The maximum atomic E-state index is 12.3. The highest BCUT2D eigenvalue weighted by Gasteiger charge is 2.29. The van der Waals surface area contributed by atoms with Crippen LogP contribution in [0.5, 0.6) is 0 Å². The van der Waals surface area contributed by atoms with Gasteiger partial charge in [-0.15, -0.1) is 0 Å². The minimum atomic E-state index is -1.34. The van der Waals surface area contributed by atoms with Crippen LogP contribution in [0.3, 0.4) is 0 Å². The molecular weight excluding hydrogens is 442 g/mol. The number of ketones is 1. The molecule has 0 aromatic heterocycles. The molecule has 3 N–H and O–H groups in total. The maximum Gasteiger partial charge on any atom is 0.407 e. The van der Waals surface area contributed by atoms with Gasteiger partial charge in [-0.3, -0.25) is 4.79 Å². The summed E-state index contributed by atoms with van der Waals surface area (Å²) < 4.78 is 5.43. The summed E-state index contributed by atoms with van der Waals surface area (Å²) in [7, 11) is 0. The molecule has 0 bridgehead atoms. The van der Waals surface area contributed by atoms with Gasteiger partial charge in [0.15, 0.2) is 5.78 Å². The molecule has 1 aliphatic carbocycles. The van der Waals surface area contributed by atoms with E-state index in [1.54, 1.807) is 0 Å². The van der Waals surface area contributed by atoms with Crippen molar-refractivity contribution in [2.24, 2.45) is 0 Å². The first-order valence-corrected chi connectivity index (χ1v) is 11.0. The zero-order valence-electron chi connectivity index (χ0n) is 18.0. The summed E-state index contributed by atoms with van der Waals surface area (Å²) >= 11 is 6.14. The third-order valence-corrected chi connectivity index (χ3v) is 6.22. The van der Waals surface area contributed by atoms with Crippen molar-refractivity contribution in [1.82, 2.24) is 5.32 Å². The summed E-state index contributed by atoms with van der Waals surface area (Å²) in [6.07, 6.45) is -3.35. The topological polar surface area (TPSA) is 95.9 Å². The predicted molar refractivity (Wildman–Crippen MR) is 125 cm³/mol. The number of fused-ring (bicyclic) bond motifs is 3. The molecule has 0 saturated carbocycles. The molecule has 1 amide bonds. The highest BCUT2D eigenvalue weighted by Crippen LogP contribution is 2.44. The summed E-state index contributed by atoms with van der Waals surface area (Å²) in [6, 6.07) is 20.5. The number of aliphatic hydroxyl groups excluding tert-OH is 2. The van der Waals surface area contributed by atoms with Crippen molar-refractivity contribution >= 4 is 23.5 Å². The molecule has 3 aromatic rings. The van der Waals surface area contributed by atoms with Crippen molar-refractivity contribution < 1.29 is 24.5 Å². The van der Waals surface area contributed by atoms with Gasteiger partial charge in [0, 0.05) is 28.6 Å². The number of alkyl carbamates (subject to hydrolysis) is 1. The Balaban J connectivity index is 1.34. The summed E-state index contributed by atoms with van der Waals surface area (Å²) in [6.45, 7) is 1.33. The number of carbonyl (C=O) groups excluding carboxylic acids is 2. The SMILES string of the molecule is CC(=O)c1ccc(C(O)C(O)CNC(=O)OCC2c3ccccc3-c3ccccc32)c(Cl)c1. The van der Waals surface area contributed by atoms with Gasteiger partial charge in [0.2, 0.25) is 0 Å². The van der Waals surface area contributed by atoms with Crippen LogP contribution in [0.4, 0.5) is 4.79 Å². The van der Waals surface area contributed by atoms with Gasteiger partial charge >= 0.3 is 6.09 Å². The summed E-state index contributed by atoms with van der Waals surface area (Å²) in [5, 5.41) is 23.4. The Hall–Kier alpha value is -3.19. The molecule has 33 heavy (non-hydrogen) atoms. The number of aliphatic hydroxyl groups is 2. The molecule has 3 aromatic carbocycles. The van der Waals surface area contributed by atoms with E-state index in [2.05, 4.69) is 17.4 Å². The average Bonchev–Trinajstić information content (AvgIpc) is 3.14. The van der Waals surface area contributed by atoms with E-state index in [9.17, 15) is 19.8 Å². The van der Waals surface area contributed by atoms with Gasteiger partial charge in [0.05, 0.1) is 0 Å². The van der Waals surface area contributed by atoms with Gasteiger partial charge in [-0.1, -0.05) is 72.3 Å². The van der Waals surface area contributed by atoms with Crippen molar-refractivity contribution in [1.29, 1.82) is 0 Å². The van der Waals surface area contributed by atoms with Crippen molar-refractivity contribution in [3.63, 3.8) is 0 Å². The summed E-state index contributed by atoms with van der Waals surface area (Å²) in [4.78, 5) is 23.7. The third-order valence-electron chi connectivity index (χ3n) is 5.89. The maximum absolute atomic E-state index is 12.3. The van der Waals surface area contributed by atoms with Gasteiger partial charge in [-0.2, -0.15) is 0 Å². The van der Waals surface area contributed by atoms with Crippen LogP contribution in [0.1, 0.15) is 46.0 Å². The second kappa shape index (κ2) is 9.75. The Morgan fingerprint density at radius 2 is 1.61 bits per heavy atom. The van der Waals surface area contributed by atoms with E-state index in [-0.39, 0.29) is 35.4 Å². The molecule has 7 heteroatoms. The second-order valence-corrected chi connectivity index (χ2v) is 8.42. The van der Waals surface area contributed by atoms with Gasteiger partial charge in [0.25, 0.3) is 0 Å². The normalized spacial score (nSPS) is 14.2. The smallest absolute Gasteiger partial charge is 0.407 e. The first kappa shape index (κ1) is 23.0. The number of ether oxygens (including phenoxy) is 1. The summed E-state index contributed by atoms with van der Waals surface area (Å²) in [5.41, 5.74) is 5.14. The quantitative estimate of drug-likeness (QED) is 0.447. The van der Waals surface area contributed by atoms with E-state index in [1.807, 2.05) is 36.4 Å². The highest BCUT2D eigenvalue weighted by molar-refractivity contribution is 6.31. The van der Waals surface area contributed by atoms with Crippen molar-refractivity contribution in [2.45, 2.75) is 25.0 Å². The van der Waals surface area contributed by atoms with E-state index in [0.717, 1.165) is 22.3 Å². The van der Waals surface area contributed by atoms with Crippen LogP contribution in [0, 0.1) is 0 Å². The molecular formula is C26H24ClNO5. The Morgan fingerprint density at radius 3 is 2.18 bits per heavy atom. The van der Waals surface area contributed by atoms with Gasteiger partial charge in [-0.25, -0.2) is 4.79 Å². The van der Waals surface area contributed by atoms with Crippen LogP contribution < -0.4 is 5.32 Å². The molecule has 0 heterocycles. The van der Waals surface area contributed by atoms with Gasteiger partial charge in [0.1, 0.15) is 18.8 Å². The van der Waals surface area contributed by atoms with Crippen LogP contribution in [-0.2, 0) is 4.74 Å². The predicted octanol–water partition coefficient (Wildman–Crippen LogP) is 4.48. The number of halogens is 1. The van der Waals surface area contributed by atoms with E-state index in [0.29, 0.717) is 5.56 Å². The fourth-order valence-electron chi connectivity index (χ4n) is 4.14. The monoisotopic (exact) mass is 465 g/mol. The van der Waals surface area contributed by atoms with Crippen molar-refractivity contribution in [3.8, 4) is 11.1 Å². The highest BCUT2D eigenvalue weighted by atomic mass is 35.5. The lowest BCUT2D eigenvalue weighted by Gasteiger charge is -2.20. The average molecular weight is 466 g/mol. The lowest BCUT2D eigenvalue weighted by Crippen LogP contribution is -2.36. The molecule has 0 aliphatic heterocycles. The van der Waals surface area contributed by atoms with Crippen LogP contribution in [0.15, 0.2) is 66.7 Å². The van der Waals surface area contributed by atoms with Crippen LogP contribution in [0.2, 0.25) is 5.02 Å². The minimum Gasteiger partial charge on any atom is -0.449 e. The first-order valence-electron chi connectivity index (χ1n) is 10.6. The van der Waals surface area contributed by atoms with Gasteiger partial charge < -0.3 is 20.3 Å². The van der Waals surface area contributed by atoms with Crippen LogP contribution in [-0.4, -0.2) is 41.3 Å². The van der Waals surface area contributed by atoms with Crippen LogP contribution in [0.25, 0.3) is 11.1 Å². The number of rotatable bonds is 7. The number of benzene rings is 3. The zero-order chi connectivity index (χ0) is 23.5. The summed E-state index contributed by atoms with van der Waals surface area (Å²) in [5.74, 6) is -0.229. The molecule has 0 fully saturated rings. The number of nitrogens with one attached hydrogen (secondary N) is 1. The number of Topliss-reactive ketones (excluding diaryl/α,β-unsaturated/α-hetero) is 1. The molecule has 0 radical (unpaired) electrons. The second-order valence-electron chi connectivity index (χ2n) is 8.01. The fraction of sp³-hybridized carbons (Fsp3) is 0.231. The zero-order valence-corrected chi connectivity index (χ0v) is 18.8. The lowest BCUT2D eigenvalue weighted by atomic mass is 9.98. The van der Waals surface area contributed by atoms with E-state index in [1.165, 1.54) is 25.1 Å². The number of carbonyl (C=O) groups is 2.